The Morgan fingerprint density at radius 2 is 2.00 bits per heavy atom. The lowest BCUT2D eigenvalue weighted by atomic mass is 10.1. The van der Waals surface area contributed by atoms with Crippen molar-refractivity contribution in [2.75, 3.05) is 13.1 Å². The first-order valence-corrected chi connectivity index (χ1v) is 17.4. The van der Waals surface area contributed by atoms with Gasteiger partial charge >= 0.3 is 13.3 Å². The van der Waals surface area contributed by atoms with Gasteiger partial charge in [0.1, 0.15) is 17.1 Å². The van der Waals surface area contributed by atoms with Crippen LogP contribution in [0.3, 0.4) is 0 Å². The number of benzene rings is 1. The van der Waals surface area contributed by atoms with Crippen LogP contribution < -0.4 is 21.7 Å². The third-order valence-corrected chi connectivity index (χ3v) is 10.9. The van der Waals surface area contributed by atoms with E-state index in [0.29, 0.717) is 35.5 Å². The lowest BCUT2D eigenvalue weighted by molar-refractivity contribution is -0.142. The summed E-state index contributed by atoms with van der Waals surface area (Å²) in [4.78, 5) is 76.2. The van der Waals surface area contributed by atoms with Crippen molar-refractivity contribution in [2.24, 2.45) is 5.73 Å². The van der Waals surface area contributed by atoms with Crippen molar-refractivity contribution in [3.63, 3.8) is 0 Å². The number of halogens is 2. The number of alkyl halides is 2. The number of fused-ring (bicyclic) bond motifs is 2. The van der Waals surface area contributed by atoms with Crippen LogP contribution in [-0.4, -0.2) is 74.5 Å². The first kappa shape index (κ1) is 33.0. The number of hydrogen-bond donors (Lipinski definition) is 6. The molecule has 1 aromatic carbocycles. The van der Waals surface area contributed by atoms with Gasteiger partial charge in [-0.05, 0) is 55.8 Å². The zero-order chi connectivity index (χ0) is 32.5. The highest BCUT2D eigenvalue weighted by molar-refractivity contribution is 7.52. The molecule has 45 heavy (non-hydrogen) atoms. The molecule has 4 heterocycles. The van der Waals surface area contributed by atoms with E-state index in [-0.39, 0.29) is 35.7 Å². The summed E-state index contributed by atoms with van der Waals surface area (Å²) in [5, 5.41) is 11.3. The quantitative estimate of drug-likeness (QED) is 0.173. The molecular formula is C27H31F2N6O7PS2. The number of nitrogens with two attached hydrogens (primary N) is 1. The smallest absolute Gasteiger partial charge is 0.370 e. The molecule has 0 bridgehead atoms. The number of thiophene rings is 1. The average molecular weight is 685 g/mol. The maximum Gasteiger partial charge on any atom is 0.399 e. The SMILES string of the molecule is NC(=O)CCC(NC(=O)[C@@H]1CC[C@@H]2CCNC[C@H](NC(=O)c3cc4cc(C(F)(F)P(=O)(O)O)ccc4s3)C(=O)N21)c1nccs1. The predicted molar refractivity (Wildman–Crippen MR) is 162 cm³/mol. The lowest BCUT2D eigenvalue weighted by Crippen LogP contribution is -2.60. The van der Waals surface area contributed by atoms with Crippen LogP contribution in [0, 0.1) is 0 Å². The van der Waals surface area contributed by atoms with E-state index in [4.69, 9.17) is 15.5 Å². The van der Waals surface area contributed by atoms with E-state index in [1.807, 2.05) is 0 Å². The number of nitrogens with one attached hydrogen (secondary N) is 3. The monoisotopic (exact) mass is 684 g/mol. The van der Waals surface area contributed by atoms with E-state index >= 15 is 0 Å². The summed E-state index contributed by atoms with van der Waals surface area (Å²) in [6.45, 7) is 0.626. The molecule has 2 aliphatic heterocycles. The van der Waals surface area contributed by atoms with Crippen molar-refractivity contribution in [3.05, 3.63) is 51.3 Å². The molecule has 2 saturated heterocycles. The topological polar surface area (TPSA) is 204 Å². The van der Waals surface area contributed by atoms with Gasteiger partial charge < -0.3 is 36.4 Å². The highest BCUT2D eigenvalue weighted by Gasteiger charge is 2.50. The van der Waals surface area contributed by atoms with Crippen LogP contribution in [0.4, 0.5) is 8.78 Å². The molecule has 0 spiro atoms. The average Bonchev–Trinajstić information content (AvgIpc) is 3.74. The molecular weight excluding hydrogens is 653 g/mol. The largest absolute Gasteiger partial charge is 0.399 e. The molecule has 4 atom stereocenters. The third-order valence-electron chi connectivity index (χ3n) is 7.86. The van der Waals surface area contributed by atoms with E-state index in [9.17, 15) is 32.5 Å². The van der Waals surface area contributed by atoms with Crippen LogP contribution in [0.1, 0.15) is 58.4 Å². The van der Waals surface area contributed by atoms with Gasteiger partial charge in [-0.1, -0.05) is 6.07 Å². The summed E-state index contributed by atoms with van der Waals surface area (Å²) >= 11 is 2.29. The number of aromatic nitrogens is 1. The van der Waals surface area contributed by atoms with E-state index in [0.717, 1.165) is 23.5 Å². The van der Waals surface area contributed by atoms with Gasteiger partial charge in [-0.2, -0.15) is 8.78 Å². The summed E-state index contributed by atoms with van der Waals surface area (Å²) in [7, 11) is -5.78. The number of carbonyl (C=O) groups is 4. The van der Waals surface area contributed by atoms with Crippen LogP contribution in [0.15, 0.2) is 35.8 Å². The third kappa shape index (κ3) is 7.08. The number of carbonyl (C=O) groups excluding carboxylic acids is 4. The standard InChI is InChI=1S/C27H31F2N6O7PS2/c28-27(29,43(40,41)42)15-1-5-20-14(11-15)12-21(45-20)24(38)34-18-13-31-8-7-16-2-4-19(35(16)26(18)39)23(37)33-17(3-6-22(30)36)25-32-9-10-44-25/h1,5,9-12,16-19,31H,2-4,6-8,13H2,(H2,30,36)(H,33,37)(H,34,38)(H2,40,41,42)/t16-,17?,18+,19+/m1/s1. The van der Waals surface area contributed by atoms with E-state index in [1.54, 1.807) is 11.6 Å². The molecule has 1 unspecified atom stereocenters. The fraction of sp³-hybridized carbons (Fsp3) is 0.444. The zero-order valence-electron chi connectivity index (χ0n) is 23.7. The Morgan fingerprint density at radius 3 is 2.69 bits per heavy atom. The molecule has 13 nitrogen and oxygen atoms in total. The van der Waals surface area contributed by atoms with Gasteiger partial charge in [-0.15, -0.1) is 22.7 Å². The number of hydrogen-bond acceptors (Lipinski definition) is 9. The molecule has 7 N–H and O–H groups in total. The fourth-order valence-electron chi connectivity index (χ4n) is 5.61. The van der Waals surface area contributed by atoms with Crippen LogP contribution in [0.25, 0.3) is 10.1 Å². The maximum absolute atomic E-state index is 14.2. The van der Waals surface area contributed by atoms with Crippen molar-refractivity contribution < 1.29 is 42.3 Å². The Morgan fingerprint density at radius 1 is 1.22 bits per heavy atom. The van der Waals surface area contributed by atoms with Gasteiger partial charge in [0.2, 0.25) is 17.7 Å². The van der Waals surface area contributed by atoms with Crippen molar-refractivity contribution in [2.45, 2.75) is 61.9 Å². The van der Waals surface area contributed by atoms with Gasteiger partial charge in [0.15, 0.2) is 0 Å². The first-order valence-electron chi connectivity index (χ1n) is 14.1. The Bertz CT molecular complexity index is 1650. The summed E-state index contributed by atoms with van der Waals surface area (Å²) in [6.07, 6.45) is 3.45. The zero-order valence-corrected chi connectivity index (χ0v) is 26.2. The van der Waals surface area contributed by atoms with E-state index < -0.39 is 60.6 Å². The molecule has 2 aliphatic rings. The molecule has 18 heteroatoms. The maximum atomic E-state index is 14.2. The second-order valence-electron chi connectivity index (χ2n) is 10.9. The van der Waals surface area contributed by atoms with Gasteiger partial charge in [0.25, 0.3) is 5.91 Å². The molecule has 2 aromatic heterocycles. The molecule has 2 fully saturated rings. The van der Waals surface area contributed by atoms with Gasteiger partial charge in [0, 0.05) is 40.8 Å². The molecule has 0 aliphatic carbocycles. The normalized spacial score (nSPS) is 21.6. The minimum Gasteiger partial charge on any atom is -0.370 e. The summed E-state index contributed by atoms with van der Waals surface area (Å²) in [5.41, 5.74) is 0.0347. The van der Waals surface area contributed by atoms with Gasteiger partial charge in [0.05, 0.1) is 10.9 Å². The molecule has 3 aromatic rings. The first-order chi connectivity index (χ1) is 21.3. The number of amides is 4. The predicted octanol–water partition coefficient (Wildman–Crippen LogP) is 2.16. The van der Waals surface area contributed by atoms with Crippen LogP contribution in [-0.2, 0) is 24.6 Å². The summed E-state index contributed by atoms with van der Waals surface area (Å²) < 4.78 is 40.2. The highest BCUT2D eigenvalue weighted by atomic mass is 32.1. The van der Waals surface area contributed by atoms with E-state index in [1.165, 1.54) is 28.4 Å². The Balaban J connectivity index is 1.32. The minimum absolute atomic E-state index is 0.0331. The summed E-state index contributed by atoms with van der Waals surface area (Å²) in [6, 6.07) is 1.71. The van der Waals surface area contributed by atoms with E-state index in [2.05, 4.69) is 20.9 Å². The van der Waals surface area contributed by atoms with Crippen molar-refractivity contribution in [1.82, 2.24) is 25.8 Å². The molecule has 0 radical (unpaired) electrons. The summed E-state index contributed by atoms with van der Waals surface area (Å²) in [5.74, 6) is -2.02. The fourth-order valence-corrected chi connectivity index (χ4v) is 7.76. The van der Waals surface area contributed by atoms with Gasteiger partial charge in [-0.3, -0.25) is 23.7 Å². The number of rotatable bonds is 10. The molecule has 5 rings (SSSR count). The van der Waals surface area contributed by atoms with Crippen molar-refractivity contribution in [1.29, 1.82) is 0 Å². The highest BCUT2D eigenvalue weighted by Crippen LogP contribution is 2.59. The molecule has 242 valence electrons. The van der Waals surface area contributed by atoms with Crippen molar-refractivity contribution >= 4 is 64.0 Å². The second-order valence-corrected chi connectivity index (χ2v) is 14.6. The number of primary amides is 1. The number of thiazole rings is 1. The minimum atomic E-state index is -5.78. The Hall–Kier alpha value is -3.34. The Labute approximate surface area is 263 Å². The van der Waals surface area contributed by atoms with Crippen LogP contribution in [0.5, 0.6) is 0 Å². The van der Waals surface area contributed by atoms with Crippen LogP contribution >= 0.6 is 30.3 Å². The van der Waals surface area contributed by atoms with Gasteiger partial charge in [-0.25, -0.2) is 4.98 Å². The Kier molecular flexibility index (Phi) is 9.68. The van der Waals surface area contributed by atoms with Crippen molar-refractivity contribution in [3.8, 4) is 0 Å². The van der Waals surface area contributed by atoms with Crippen LogP contribution in [0.2, 0.25) is 0 Å². The number of nitrogens with zero attached hydrogens (tertiary/aromatic N) is 2. The molecule has 4 amide bonds. The second kappa shape index (κ2) is 13.2. The molecule has 0 saturated carbocycles. The lowest BCUT2D eigenvalue weighted by Gasteiger charge is -2.35.